The summed E-state index contributed by atoms with van der Waals surface area (Å²) in [5, 5.41) is 0. The first-order valence-corrected chi connectivity index (χ1v) is 10.0. The van der Waals surface area contributed by atoms with E-state index in [4.69, 9.17) is 4.74 Å². The third-order valence-electron chi connectivity index (χ3n) is 6.23. The molecule has 0 unspecified atom stereocenters. The van der Waals surface area contributed by atoms with Gasteiger partial charge in [0.25, 0.3) is 0 Å². The molecule has 0 bridgehead atoms. The highest BCUT2D eigenvalue weighted by molar-refractivity contribution is 5.71. The number of nitrogens with zero attached hydrogens (tertiary/aromatic N) is 2. The standard InChI is InChI=1S/C25H30N2O2/c1-15-9-8-10-22(18(15)4)21(7)24-26-11-12-27(24)25(28)29-14-23-19(5)16(2)13-17(3)20(23)6/h8-13,21H,14H2,1-7H3/t21-/m0/s1. The van der Waals surface area contributed by atoms with Gasteiger partial charge in [0, 0.05) is 18.3 Å². The van der Waals surface area contributed by atoms with Crippen molar-refractivity contribution in [1.29, 1.82) is 0 Å². The van der Waals surface area contributed by atoms with Crippen LogP contribution in [-0.4, -0.2) is 15.6 Å². The van der Waals surface area contributed by atoms with Crippen molar-refractivity contribution in [3.05, 3.63) is 87.0 Å². The van der Waals surface area contributed by atoms with Crippen LogP contribution in [0.15, 0.2) is 36.7 Å². The molecule has 1 atom stereocenters. The fourth-order valence-corrected chi connectivity index (χ4v) is 3.89. The lowest BCUT2D eigenvalue weighted by Gasteiger charge is -2.18. The zero-order chi connectivity index (χ0) is 21.3. The van der Waals surface area contributed by atoms with Gasteiger partial charge < -0.3 is 4.74 Å². The largest absolute Gasteiger partial charge is 0.444 e. The van der Waals surface area contributed by atoms with Gasteiger partial charge in [-0.1, -0.05) is 31.2 Å². The number of aryl methyl sites for hydroxylation is 3. The number of hydrogen-bond donors (Lipinski definition) is 0. The summed E-state index contributed by atoms with van der Waals surface area (Å²) in [6.45, 7) is 14.9. The molecule has 0 aliphatic carbocycles. The number of hydrogen-bond acceptors (Lipinski definition) is 3. The Hall–Kier alpha value is -2.88. The van der Waals surface area contributed by atoms with E-state index in [9.17, 15) is 4.79 Å². The molecular formula is C25H30N2O2. The summed E-state index contributed by atoms with van der Waals surface area (Å²) in [5.41, 5.74) is 9.49. The molecule has 3 rings (SSSR count). The molecule has 1 heterocycles. The molecule has 0 N–H and O–H groups in total. The summed E-state index contributed by atoms with van der Waals surface area (Å²) in [5.74, 6) is 0.680. The Morgan fingerprint density at radius 3 is 2.31 bits per heavy atom. The molecule has 1 aromatic heterocycles. The first kappa shape index (κ1) is 20.8. The Labute approximate surface area is 173 Å². The number of benzene rings is 2. The van der Waals surface area contributed by atoms with E-state index in [0.29, 0.717) is 5.82 Å². The van der Waals surface area contributed by atoms with Crippen LogP contribution in [0.25, 0.3) is 0 Å². The van der Waals surface area contributed by atoms with E-state index in [1.54, 1.807) is 12.4 Å². The molecule has 3 aromatic rings. The molecule has 0 saturated carbocycles. The fraction of sp³-hybridized carbons (Fsp3) is 0.360. The third kappa shape index (κ3) is 3.98. The monoisotopic (exact) mass is 390 g/mol. The summed E-state index contributed by atoms with van der Waals surface area (Å²) in [7, 11) is 0. The summed E-state index contributed by atoms with van der Waals surface area (Å²) < 4.78 is 7.24. The zero-order valence-electron chi connectivity index (χ0n) is 18.5. The molecule has 4 heteroatoms. The maximum Gasteiger partial charge on any atom is 0.419 e. The van der Waals surface area contributed by atoms with Crippen LogP contribution in [0.5, 0.6) is 0 Å². The Balaban J connectivity index is 1.84. The molecule has 0 amide bonds. The number of aromatic nitrogens is 2. The second-order valence-electron chi connectivity index (χ2n) is 7.96. The lowest BCUT2D eigenvalue weighted by molar-refractivity contribution is 0.140. The summed E-state index contributed by atoms with van der Waals surface area (Å²) in [4.78, 5) is 17.3. The maximum atomic E-state index is 12.9. The van der Waals surface area contributed by atoms with E-state index in [2.05, 4.69) is 71.6 Å². The zero-order valence-corrected chi connectivity index (χ0v) is 18.5. The van der Waals surface area contributed by atoms with E-state index in [-0.39, 0.29) is 12.5 Å². The second-order valence-corrected chi connectivity index (χ2v) is 7.96. The van der Waals surface area contributed by atoms with Crippen LogP contribution in [0.3, 0.4) is 0 Å². The minimum Gasteiger partial charge on any atom is -0.444 e. The van der Waals surface area contributed by atoms with E-state index in [1.807, 2.05) is 6.07 Å². The smallest absolute Gasteiger partial charge is 0.419 e. The Morgan fingerprint density at radius 1 is 1.00 bits per heavy atom. The van der Waals surface area contributed by atoms with Crippen molar-refractivity contribution in [2.45, 2.75) is 61.0 Å². The molecule has 0 radical (unpaired) electrons. The van der Waals surface area contributed by atoms with Crippen LogP contribution in [0.2, 0.25) is 0 Å². The van der Waals surface area contributed by atoms with E-state index >= 15 is 0 Å². The van der Waals surface area contributed by atoms with Crippen molar-refractivity contribution in [2.75, 3.05) is 0 Å². The molecule has 152 valence electrons. The highest BCUT2D eigenvalue weighted by Crippen LogP contribution is 2.28. The van der Waals surface area contributed by atoms with Crippen LogP contribution < -0.4 is 0 Å². The molecule has 0 saturated heterocycles. The highest BCUT2D eigenvalue weighted by Gasteiger charge is 2.21. The van der Waals surface area contributed by atoms with Crippen LogP contribution in [0.1, 0.15) is 63.2 Å². The fourth-order valence-electron chi connectivity index (χ4n) is 3.89. The van der Waals surface area contributed by atoms with Crippen molar-refractivity contribution < 1.29 is 9.53 Å². The normalized spacial score (nSPS) is 12.1. The number of imidazole rings is 1. The molecule has 0 aliphatic rings. The number of ether oxygens (including phenoxy) is 1. The molecule has 0 spiro atoms. The van der Waals surface area contributed by atoms with Gasteiger partial charge in [-0.3, -0.25) is 0 Å². The van der Waals surface area contributed by atoms with Crippen LogP contribution >= 0.6 is 0 Å². The van der Waals surface area contributed by atoms with E-state index in [0.717, 1.165) is 5.56 Å². The summed E-state index contributed by atoms with van der Waals surface area (Å²) in [6, 6.07) is 8.42. The van der Waals surface area contributed by atoms with Gasteiger partial charge in [-0.2, -0.15) is 0 Å². The van der Waals surface area contributed by atoms with Crippen molar-refractivity contribution in [2.24, 2.45) is 0 Å². The van der Waals surface area contributed by atoms with Crippen LogP contribution in [-0.2, 0) is 11.3 Å². The highest BCUT2D eigenvalue weighted by atomic mass is 16.5. The lowest BCUT2D eigenvalue weighted by Crippen LogP contribution is -2.19. The van der Waals surface area contributed by atoms with Crippen LogP contribution in [0, 0.1) is 41.5 Å². The van der Waals surface area contributed by atoms with Crippen molar-refractivity contribution >= 4 is 6.09 Å². The van der Waals surface area contributed by atoms with Gasteiger partial charge in [-0.25, -0.2) is 14.3 Å². The second kappa shape index (κ2) is 8.24. The SMILES string of the molecule is Cc1cccc([C@H](C)c2nccn2C(=O)OCc2c(C)c(C)cc(C)c2C)c1C. The molecule has 2 aromatic carbocycles. The van der Waals surface area contributed by atoms with Crippen molar-refractivity contribution in [1.82, 2.24) is 9.55 Å². The van der Waals surface area contributed by atoms with Gasteiger partial charge in [0.05, 0.1) is 0 Å². The minimum absolute atomic E-state index is 0.0119. The molecular weight excluding hydrogens is 360 g/mol. The van der Waals surface area contributed by atoms with Crippen molar-refractivity contribution in [3.8, 4) is 0 Å². The predicted octanol–water partition coefficient (Wildman–Crippen LogP) is 6.07. The minimum atomic E-state index is -0.396. The predicted molar refractivity (Wildman–Crippen MR) is 117 cm³/mol. The van der Waals surface area contributed by atoms with Gasteiger partial charge in [-0.15, -0.1) is 0 Å². The lowest BCUT2D eigenvalue weighted by atomic mass is 9.93. The number of carbonyl (C=O) groups excluding carboxylic acids is 1. The van der Waals surface area contributed by atoms with Gasteiger partial charge in [0.1, 0.15) is 12.4 Å². The third-order valence-corrected chi connectivity index (χ3v) is 6.23. The molecule has 4 nitrogen and oxygen atoms in total. The van der Waals surface area contributed by atoms with E-state index in [1.165, 1.54) is 43.5 Å². The number of carbonyl (C=O) groups is 1. The average molecular weight is 391 g/mol. The van der Waals surface area contributed by atoms with Gasteiger partial charge >= 0.3 is 6.09 Å². The quantitative estimate of drug-likeness (QED) is 0.543. The van der Waals surface area contributed by atoms with Gasteiger partial charge in [0.2, 0.25) is 0 Å². The van der Waals surface area contributed by atoms with Gasteiger partial charge in [-0.05, 0) is 86.1 Å². The molecule has 29 heavy (non-hydrogen) atoms. The van der Waals surface area contributed by atoms with E-state index < -0.39 is 6.09 Å². The summed E-state index contributed by atoms with van der Waals surface area (Å²) >= 11 is 0. The summed E-state index contributed by atoms with van der Waals surface area (Å²) in [6.07, 6.45) is 2.94. The Morgan fingerprint density at radius 2 is 1.66 bits per heavy atom. The van der Waals surface area contributed by atoms with Crippen LogP contribution in [0.4, 0.5) is 4.79 Å². The molecule has 0 fully saturated rings. The van der Waals surface area contributed by atoms with Crippen molar-refractivity contribution in [3.63, 3.8) is 0 Å². The Bertz CT molecular complexity index is 1040. The average Bonchev–Trinajstić information content (AvgIpc) is 3.18. The molecule has 0 aliphatic heterocycles. The number of rotatable bonds is 4. The first-order chi connectivity index (χ1) is 13.7. The van der Waals surface area contributed by atoms with Gasteiger partial charge in [0.15, 0.2) is 0 Å². The maximum absolute atomic E-state index is 12.9. The Kier molecular flexibility index (Phi) is 5.92. The first-order valence-electron chi connectivity index (χ1n) is 10.0. The topological polar surface area (TPSA) is 44.1 Å².